The first kappa shape index (κ1) is 15.2. The van der Waals surface area contributed by atoms with Gasteiger partial charge in [0.1, 0.15) is 0 Å². The molecule has 17 heavy (non-hydrogen) atoms. The molecule has 0 saturated carbocycles. The molecule has 96 valence electrons. The Kier molecular flexibility index (Phi) is 5.37. The zero-order valence-electron chi connectivity index (χ0n) is 10.2. The monoisotopic (exact) mass is 242 g/mol. The van der Waals surface area contributed by atoms with Gasteiger partial charge in [0.2, 0.25) is 11.8 Å². The van der Waals surface area contributed by atoms with Gasteiger partial charge in [0.15, 0.2) is 0 Å². The van der Waals surface area contributed by atoms with Crippen LogP contribution in [-0.4, -0.2) is 35.5 Å². The smallest absolute Gasteiger partial charge is 0.311 e. The van der Waals surface area contributed by atoms with E-state index in [1.54, 1.807) is 6.92 Å². The minimum absolute atomic E-state index is 0.203. The van der Waals surface area contributed by atoms with Crippen LogP contribution in [0.3, 0.4) is 0 Å². The highest BCUT2D eigenvalue weighted by molar-refractivity contribution is 5.91. The van der Waals surface area contributed by atoms with Gasteiger partial charge in [-0.1, -0.05) is 6.58 Å². The molecule has 0 aliphatic carbocycles. The van der Waals surface area contributed by atoms with Gasteiger partial charge >= 0.3 is 5.97 Å². The van der Waals surface area contributed by atoms with E-state index in [0.717, 1.165) is 6.08 Å². The van der Waals surface area contributed by atoms with Crippen LogP contribution in [-0.2, 0) is 14.4 Å². The largest absolute Gasteiger partial charge is 0.481 e. The lowest BCUT2D eigenvalue weighted by Gasteiger charge is -2.27. The second-order valence-electron chi connectivity index (χ2n) is 4.24. The van der Waals surface area contributed by atoms with E-state index in [1.807, 2.05) is 0 Å². The number of carbonyl (C=O) groups is 3. The average Bonchev–Trinajstić information content (AvgIpc) is 2.25. The van der Waals surface area contributed by atoms with Crippen molar-refractivity contribution in [1.29, 1.82) is 0 Å². The van der Waals surface area contributed by atoms with Crippen LogP contribution >= 0.6 is 0 Å². The van der Waals surface area contributed by atoms with Crippen LogP contribution in [0.1, 0.15) is 20.8 Å². The van der Waals surface area contributed by atoms with Crippen molar-refractivity contribution in [2.24, 2.45) is 5.41 Å². The van der Waals surface area contributed by atoms with E-state index >= 15 is 0 Å². The van der Waals surface area contributed by atoms with Crippen molar-refractivity contribution in [3.63, 3.8) is 0 Å². The standard InChI is InChI=1S/C11H18N2O4/c1-5-8(14)12-6-9(15)13-7(2)11(3,4)10(16)17/h5,7H,1,6H2,2-4H3,(H,12,14)(H,13,15)(H,16,17)/t7-/m0/s1. The molecule has 0 rings (SSSR count). The molecule has 0 aromatic heterocycles. The fraction of sp³-hybridized carbons (Fsp3) is 0.545. The summed E-state index contributed by atoms with van der Waals surface area (Å²) in [5.41, 5.74) is -1.07. The zero-order chi connectivity index (χ0) is 13.6. The lowest BCUT2D eigenvalue weighted by atomic mass is 9.85. The van der Waals surface area contributed by atoms with Gasteiger partial charge in [-0.05, 0) is 26.8 Å². The molecular weight excluding hydrogens is 224 g/mol. The molecule has 0 aliphatic rings. The van der Waals surface area contributed by atoms with Crippen molar-refractivity contribution in [2.75, 3.05) is 6.54 Å². The fourth-order valence-electron chi connectivity index (χ4n) is 0.898. The number of carbonyl (C=O) groups excluding carboxylic acids is 2. The van der Waals surface area contributed by atoms with Crippen molar-refractivity contribution in [2.45, 2.75) is 26.8 Å². The van der Waals surface area contributed by atoms with Crippen LogP contribution in [0.15, 0.2) is 12.7 Å². The van der Waals surface area contributed by atoms with E-state index in [0.29, 0.717) is 0 Å². The van der Waals surface area contributed by atoms with Crippen molar-refractivity contribution in [1.82, 2.24) is 10.6 Å². The molecule has 2 amide bonds. The van der Waals surface area contributed by atoms with Crippen molar-refractivity contribution in [3.8, 4) is 0 Å². The van der Waals surface area contributed by atoms with E-state index in [4.69, 9.17) is 5.11 Å². The summed E-state index contributed by atoms with van der Waals surface area (Å²) in [7, 11) is 0. The molecular formula is C11H18N2O4. The third kappa shape index (κ3) is 4.67. The molecule has 0 bridgehead atoms. The summed E-state index contributed by atoms with van der Waals surface area (Å²) in [6.45, 7) is 7.67. The van der Waals surface area contributed by atoms with Crippen molar-refractivity contribution in [3.05, 3.63) is 12.7 Å². The number of hydrogen-bond acceptors (Lipinski definition) is 3. The first-order chi connectivity index (χ1) is 7.71. The Balaban J connectivity index is 4.26. The average molecular weight is 242 g/mol. The Bertz CT molecular complexity index is 336. The zero-order valence-corrected chi connectivity index (χ0v) is 10.2. The van der Waals surface area contributed by atoms with E-state index in [2.05, 4.69) is 17.2 Å². The quantitative estimate of drug-likeness (QED) is 0.567. The molecule has 0 aromatic rings. The molecule has 6 heteroatoms. The second kappa shape index (κ2) is 6.03. The molecule has 0 aromatic carbocycles. The Morgan fingerprint density at radius 3 is 2.35 bits per heavy atom. The van der Waals surface area contributed by atoms with Gasteiger partial charge in [-0.25, -0.2) is 0 Å². The van der Waals surface area contributed by atoms with Crippen LogP contribution in [0.5, 0.6) is 0 Å². The van der Waals surface area contributed by atoms with Crippen LogP contribution in [0.4, 0.5) is 0 Å². The lowest BCUT2D eigenvalue weighted by Crippen LogP contribution is -2.49. The second-order valence-corrected chi connectivity index (χ2v) is 4.24. The van der Waals surface area contributed by atoms with Crippen LogP contribution in [0.2, 0.25) is 0 Å². The lowest BCUT2D eigenvalue weighted by molar-refractivity contribution is -0.148. The molecule has 0 saturated heterocycles. The molecule has 0 unspecified atom stereocenters. The first-order valence-corrected chi connectivity index (χ1v) is 5.14. The number of amides is 2. The number of carboxylic acid groups (broad SMARTS) is 1. The molecule has 0 spiro atoms. The Hall–Kier alpha value is -1.85. The van der Waals surface area contributed by atoms with Gasteiger partial charge in [-0.3, -0.25) is 14.4 Å². The third-order valence-corrected chi connectivity index (χ3v) is 2.62. The van der Waals surface area contributed by atoms with Crippen molar-refractivity contribution >= 4 is 17.8 Å². The maximum absolute atomic E-state index is 11.4. The summed E-state index contributed by atoms with van der Waals surface area (Å²) in [5, 5.41) is 13.8. The molecule has 0 radical (unpaired) electrons. The number of aliphatic carboxylic acids is 1. The van der Waals surface area contributed by atoms with E-state index in [9.17, 15) is 14.4 Å². The third-order valence-electron chi connectivity index (χ3n) is 2.62. The summed E-state index contributed by atoms with van der Waals surface area (Å²) < 4.78 is 0. The molecule has 6 nitrogen and oxygen atoms in total. The summed E-state index contributed by atoms with van der Waals surface area (Å²) in [6.07, 6.45) is 1.05. The van der Waals surface area contributed by atoms with Crippen molar-refractivity contribution < 1.29 is 19.5 Å². The Labute approximate surface area is 100 Å². The number of hydrogen-bond donors (Lipinski definition) is 3. The predicted octanol–water partition coefficient (Wildman–Crippen LogP) is -0.0959. The maximum Gasteiger partial charge on any atom is 0.311 e. The summed E-state index contributed by atoms with van der Waals surface area (Å²) in [4.78, 5) is 33.1. The van der Waals surface area contributed by atoms with Gasteiger partial charge < -0.3 is 15.7 Å². The van der Waals surface area contributed by atoms with E-state index in [-0.39, 0.29) is 6.54 Å². The van der Waals surface area contributed by atoms with Crippen LogP contribution in [0, 0.1) is 5.41 Å². The number of nitrogens with one attached hydrogen (secondary N) is 2. The molecule has 3 N–H and O–H groups in total. The molecule has 1 atom stereocenters. The van der Waals surface area contributed by atoms with E-state index < -0.39 is 29.2 Å². The van der Waals surface area contributed by atoms with Gasteiger partial charge in [-0.15, -0.1) is 0 Å². The fourth-order valence-corrected chi connectivity index (χ4v) is 0.898. The molecule has 0 fully saturated rings. The summed E-state index contributed by atoms with van der Waals surface area (Å²) in [6, 6.07) is -0.548. The van der Waals surface area contributed by atoms with Crippen LogP contribution in [0.25, 0.3) is 0 Å². The Morgan fingerprint density at radius 2 is 1.94 bits per heavy atom. The first-order valence-electron chi connectivity index (χ1n) is 5.14. The number of rotatable bonds is 6. The van der Waals surface area contributed by atoms with Gasteiger partial charge in [0, 0.05) is 6.04 Å². The van der Waals surface area contributed by atoms with Gasteiger partial charge in [0.05, 0.1) is 12.0 Å². The highest BCUT2D eigenvalue weighted by Gasteiger charge is 2.34. The van der Waals surface area contributed by atoms with E-state index in [1.165, 1.54) is 13.8 Å². The number of carboxylic acids is 1. The van der Waals surface area contributed by atoms with Gasteiger partial charge in [-0.2, -0.15) is 0 Å². The van der Waals surface area contributed by atoms with Gasteiger partial charge in [0.25, 0.3) is 0 Å². The molecule has 0 heterocycles. The molecule has 0 aliphatic heterocycles. The SMILES string of the molecule is C=CC(=O)NCC(=O)N[C@@H](C)C(C)(C)C(=O)O. The highest BCUT2D eigenvalue weighted by atomic mass is 16.4. The Morgan fingerprint density at radius 1 is 1.41 bits per heavy atom. The normalized spacial score (nSPS) is 12.4. The minimum Gasteiger partial charge on any atom is -0.481 e. The maximum atomic E-state index is 11.4. The minimum atomic E-state index is -1.07. The summed E-state index contributed by atoms with van der Waals surface area (Å²) in [5.74, 6) is -1.90. The van der Waals surface area contributed by atoms with Crippen LogP contribution < -0.4 is 10.6 Å². The summed E-state index contributed by atoms with van der Waals surface area (Å²) >= 11 is 0. The predicted molar refractivity (Wildman–Crippen MR) is 62.2 cm³/mol. The highest BCUT2D eigenvalue weighted by Crippen LogP contribution is 2.20. The topological polar surface area (TPSA) is 95.5 Å².